The van der Waals surface area contributed by atoms with Gasteiger partial charge in [0.05, 0.1) is 6.54 Å². The zero-order valence-electron chi connectivity index (χ0n) is 11.7. The van der Waals surface area contributed by atoms with Gasteiger partial charge in [0.1, 0.15) is 0 Å². The van der Waals surface area contributed by atoms with Crippen molar-refractivity contribution in [3.63, 3.8) is 0 Å². The molecule has 2 aliphatic heterocycles. The zero-order chi connectivity index (χ0) is 13.0. The highest BCUT2D eigenvalue weighted by atomic mass is 16.2. The Morgan fingerprint density at radius 2 is 1.94 bits per heavy atom. The number of piperazine rings is 1. The highest BCUT2D eigenvalue weighted by Gasteiger charge is 2.24. The lowest BCUT2D eigenvalue weighted by Gasteiger charge is -2.32. The highest BCUT2D eigenvalue weighted by molar-refractivity contribution is 5.78. The van der Waals surface area contributed by atoms with E-state index in [0.717, 1.165) is 52.2 Å². The van der Waals surface area contributed by atoms with E-state index in [1.807, 2.05) is 4.90 Å². The largest absolute Gasteiger partial charge is 0.339 e. The van der Waals surface area contributed by atoms with Crippen LogP contribution in [0.15, 0.2) is 0 Å². The summed E-state index contributed by atoms with van der Waals surface area (Å²) in [5, 5.41) is 3.28. The van der Waals surface area contributed by atoms with Gasteiger partial charge in [-0.15, -0.1) is 0 Å². The molecule has 1 unspecified atom stereocenters. The van der Waals surface area contributed by atoms with Crippen molar-refractivity contribution in [2.45, 2.75) is 19.4 Å². The number of amides is 1. The van der Waals surface area contributed by atoms with Crippen molar-refractivity contribution in [1.29, 1.82) is 0 Å². The molecule has 2 saturated heterocycles. The van der Waals surface area contributed by atoms with Crippen LogP contribution in [0.4, 0.5) is 0 Å². The number of carbonyl (C=O) groups excluding carboxylic acids is 1. The number of nitrogens with one attached hydrogen (secondary N) is 1. The second kappa shape index (κ2) is 6.50. The van der Waals surface area contributed by atoms with Crippen molar-refractivity contribution in [3.05, 3.63) is 0 Å². The first-order chi connectivity index (χ1) is 8.66. The molecule has 0 saturated carbocycles. The third-order valence-corrected chi connectivity index (χ3v) is 3.99. The number of hydrogen-bond donors (Lipinski definition) is 1. The lowest BCUT2D eigenvalue weighted by atomic mass is 10.2. The van der Waals surface area contributed by atoms with E-state index in [1.165, 1.54) is 0 Å². The van der Waals surface area contributed by atoms with E-state index in [4.69, 9.17) is 0 Å². The highest BCUT2D eigenvalue weighted by Crippen LogP contribution is 2.09. The zero-order valence-corrected chi connectivity index (χ0v) is 11.7. The van der Waals surface area contributed by atoms with Gasteiger partial charge in [0.15, 0.2) is 0 Å². The minimum Gasteiger partial charge on any atom is -0.339 e. The maximum Gasteiger partial charge on any atom is 0.236 e. The quantitative estimate of drug-likeness (QED) is 0.717. The molecule has 2 rings (SSSR count). The average Bonchev–Trinajstić information content (AvgIpc) is 2.52. The van der Waals surface area contributed by atoms with Gasteiger partial charge in [-0.25, -0.2) is 0 Å². The molecular weight excluding hydrogens is 228 g/mol. The smallest absolute Gasteiger partial charge is 0.236 e. The normalized spacial score (nSPS) is 28.1. The van der Waals surface area contributed by atoms with Gasteiger partial charge in [-0.1, -0.05) is 0 Å². The first kappa shape index (κ1) is 13.8. The monoisotopic (exact) mass is 254 g/mol. The summed E-state index contributed by atoms with van der Waals surface area (Å²) in [6.45, 7) is 9.67. The Hall–Kier alpha value is -0.650. The summed E-state index contributed by atoms with van der Waals surface area (Å²) in [5.41, 5.74) is 0. The van der Waals surface area contributed by atoms with E-state index in [-0.39, 0.29) is 0 Å². The van der Waals surface area contributed by atoms with Crippen molar-refractivity contribution in [2.75, 3.05) is 59.4 Å². The fourth-order valence-electron chi connectivity index (χ4n) is 2.84. The molecule has 1 amide bonds. The molecule has 2 heterocycles. The molecule has 18 heavy (non-hydrogen) atoms. The van der Waals surface area contributed by atoms with Gasteiger partial charge in [-0.2, -0.15) is 0 Å². The number of hydrogen-bond acceptors (Lipinski definition) is 4. The van der Waals surface area contributed by atoms with E-state index in [1.54, 1.807) is 0 Å². The molecule has 0 aliphatic carbocycles. The Morgan fingerprint density at radius 3 is 2.67 bits per heavy atom. The topological polar surface area (TPSA) is 38.8 Å². The lowest BCUT2D eigenvalue weighted by Crippen LogP contribution is -2.51. The summed E-state index contributed by atoms with van der Waals surface area (Å²) >= 11 is 0. The van der Waals surface area contributed by atoms with Crippen LogP contribution in [0.5, 0.6) is 0 Å². The van der Waals surface area contributed by atoms with Gasteiger partial charge >= 0.3 is 0 Å². The molecular formula is C13H26N4O. The van der Waals surface area contributed by atoms with Crippen LogP contribution in [-0.4, -0.2) is 86.1 Å². The first-order valence-electron chi connectivity index (χ1n) is 7.08. The van der Waals surface area contributed by atoms with Crippen LogP contribution in [-0.2, 0) is 4.79 Å². The van der Waals surface area contributed by atoms with E-state index in [9.17, 15) is 4.79 Å². The Balaban J connectivity index is 1.85. The van der Waals surface area contributed by atoms with Gasteiger partial charge in [0, 0.05) is 45.3 Å². The molecule has 2 fully saturated rings. The fraction of sp³-hybridized carbons (Fsp3) is 0.923. The Kier molecular flexibility index (Phi) is 4.97. The van der Waals surface area contributed by atoms with Crippen molar-refractivity contribution in [3.8, 4) is 0 Å². The predicted octanol–water partition coefficient (Wildman–Crippen LogP) is -0.556. The molecule has 0 radical (unpaired) electrons. The van der Waals surface area contributed by atoms with E-state index < -0.39 is 0 Å². The number of likely N-dealkylation sites (N-methyl/N-ethyl adjacent to an activating group) is 1. The van der Waals surface area contributed by atoms with Crippen LogP contribution in [0.3, 0.4) is 0 Å². The summed E-state index contributed by atoms with van der Waals surface area (Å²) in [4.78, 5) is 18.9. The third kappa shape index (κ3) is 3.67. The Morgan fingerprint density at radius 1 is 1.22 bits per heavy atom. The molecule has 0 spiro atoms. The maximum atomic E-state index is 12.2. The first-order valence-corrected chi connectivity index (χ1v) is 7.08. The molecule has 0 aromatic heterocycles. The Bertz CT molecular complexity index is 278. The standard InChI is InChI=1S/C13H26N4O/c1-12-10-15(2)6-3-7-17(12)11-13(18)16-8-4-14-5-9-16/h12,14H,3-11H2,1-2H3. The number of rotatable bonds is 2. The Labute approximate surface area is 110 Å². The van der Waals surface area contributed by atoms with E-state index in [0.29, 0.717) is 18.5 Å². The van der Waals surface area contributed by atoms with Crippen LogP contribution in [0.1, 0.15) is 13.3 Å². The summed E-state index contributed by atoms with van der Waals surface area (Å²) in [7, 11) is 2.16. The molecule has 104 valence electrons. The van der Waals surface area contributed by atoms with Crippen molar-refractivity contribution >= 4 is 5.91 Å². The van der Waals surface area contributed by atoms with E-state index in [2.05, 4.69) is 29.1 Å². The summed E-state index contributed by atoms with van der Waals surface area (Å²) in [6, 6.07) is 0.476. The minimum atomic E-state index is 0.299. The SMILES string of the molecule is CC1CN(C)CCCN1CC(=O)N1CCNCC1. The lowest BCUT2D eigenvalue weighted by molar-refractivity contribution is -0.133. The van der Waals surface area contributed by atoms with Gasteiger partial charge in [-0.3, -0.25) is 9.69 Å². The second-order valence-corrected chi connectivity index (χ2v) is 5.57. The van der Waals surface area contributed by atoms with Crippen molar-refractivity contribution < 1.29 is 4.79 Å². The molecule has 5 nitrogen and oxygen atoms in total. The molecule has 5 heteroatoms. The summed E-state index contributed by atoms with van der Waals surface area (Å²) < 4.78 is 0. The summed E-state index contributed by atoms with van der Waals surface area (Å²) in [6.07, 6.45) is 1.16. The van der Waals surface area contributed by atoms with Gasteiger partial charge in [-0.05, 0) is 26.9 Å². The number of carbonyl (C=O) groups is 1. The van der Waals surface area contributed by atoms with Crippen LogP contribution in [0.2, 0.25) is 0 Å². The van der Waals surface area contributed by atoms with Crippen LogP contribution in [0, 0.1) is 0 Å². The van der Waals surface area contributed by atoms with Gasteiger partial charge < -0.3 is 15.1 Å². The third-order valence-electron chi connectivity index (χ3n) is 3.99. The molecule has 0 bridgehead atoms. The van der Waals surface area contributed by atoms with Crippen LogP contribution < -0.4 is 5.32 Å². The molecule has 0 aromatic carbocycles. The fourth-order valence-corrected chi connectivity index (χ4v) is 2.84. The van der Waals surface area contributed by atoms with Crippen molar-refractivity contribution in [2.24, 2.45) is 0 Å². The average molecular weight is 254 g/mol. The number of nitrogens with zero attached hydrogens (tertiary/aromatic N) is 3. The summed E-state index contributed by atoms with van der Waals surface area (Å²) in [5.74, 6) is 0.299. The van der Waals surface area contributed by atoms with Crippen LogP contribution in [0.25, 0.3) is 0 Å². The van der Waals surface area contributed by atoms with Gasteiger partial charge in [0.2, 0.25) is 5.91 Å². The minimum absolute atomic E-state index is 0.299. The molecule has 2 aliphatic rings. The molecule has 1 atom stereocenters. The molecule has 0 aromatic rings. The van der Waals surface area contributed by atoms with Crippen molar-refractivity contribution in [1.82, 2.24) is 20.0 Å². The molecule has 1 N–H and O–H groups in total. The maximum absolute atomic E-state index is 12.2. The second-order valence-electron chi connectivity index (χ2n) is 5.57. The predicted molar refractivity (Wildman–Crippen MR) is 72.6 cm³/mol. The van der Waals surface area contributed by atoms with Crippen LogP contribution >= 0.6 is 0 Å². The van der Waals surface area contributed by atoms with E-state index >= 15 is 0 Å². The van der Waals surface area contributed by atoms with Gasteiger partial charge in [0.25, 0.3) is 0 Å².